The van der Waals surface area contributed by atoms with Gasteiger partial charge in [0.2, 0.25) is 5.91 Å². The highest BCUT2D eigenvalue weighted by Crippen LogP contribution is 2.52. The van der Waals surface area contributed by atoms with Crippen molar-refractivity contribution >= 4 is 5.91 Å². The first-order valence-electron chi connectivity index (χ1n) is 10.6. The van der Waals surface area contributed by atoms with Gasteiger partial charge in [-0.2, -0.15) is 0 Å². The van der Waals surface area contributed by atoms with Crippen LogP contribution in [-0.2, 0) is 4.79 Å². The molecule has 3 aromatic carbocycles. The van der Waals surface area contributed by atoms with E-state index in [2.05, 4.69) is 36.3 Å². The molecular weight excluding hydrogens is 384 g/mol. The van der Waals surface area contributed by atoms with Gasteiger partial charge in [0.1, 0.15) is 11.5 Å². The summed E-state index contributed by atoms with van der Waals surface area (Å²) in [5.41, 5.74) is 4.91. The Kier molecular flexibility index (Phi) is 4.91. The molecule has 3 atom stereocenters. The quantitative estimate of drug-likeness (QED) is 0.409. The molecule has 1 aliphatic heterocycles. The summed E-state index contributed by atoms with van der Waals surface area (Å²) in [7, 11) is 0. The van der Waals surface area contributed by atoms with E-state index in [9.17, 15) is 4.79 Å². The number of hydrogen-bond donors (Lipinski definition) is 0. The van der Waals surface area contributed by atoms with Crippen LogP contribution < -0.4 is 0 Å². The lowest BCUT2D eigenvalue weighted by Crippen LogP contribution is -2.43. The highest BCUT2D eigenvalue weighted by Gasteiger charge is 2.46. The topological polar surface area (TPSA) is 46.3 Å². The third kappa shape index (κ3) is 3.25. The largest absolute Gasteiger partial charge is 0.360 e. The highest BCUT2D eigenvalue weighted by atomic mass is 16.5. The summed E-state index contributed by atoms with van der Waals surface area (Å²) in [6.07, 6.45) is 0. The summed E-state index contributed by atoms with van der Waals surface area (Å²) in [6, 6.07) is 30.0. The molecule has 0 spiro atoms. The third-order valence-corrected chi connectivity index (χ3v) is 6.16. The van der Waals surface area contributed by atoms with Gasteiger partial charge in [-0.3, -0.25) is 4.79 Å². The molecule has 4 heteroatoms. The Balaban J connectivity index is 1.78. The van der Waals surface area contributed by atoms with Crippen molar-refractivity contribution in [3.05, 3.63) is 113 Å². The molecule has 31 heavy (non-hydrogen) atoms. The van der Waals surface area contributed by atoms with Gasteiger partial charge in [-0.1, -0.05) is 103 Å². The zero-order chi connectivity index (χ0) is 21.4. The Hall–Kier alpha value is -3.66. The number of aromatic nitrogens is 1. The first kappa shape index (κ1) is 19.3. The number of benzene rings is 3. The van der Waals surface area contributed by atoms with Crippen molar-refractivity contribution in [1.82, 2.24) is 10.1 Å². The van der Waals surface area contributed by atoms with Crippen LogP contribution in [-0.4, -0.2) is 16.0 Å². The van der Waals surface area contributed by atoms with Crippen LogP contribution in [0, 0.1) is 0 Å². The molecular formula is C27H24N2O2. The normalized spacial score (nSPS) is 20.3. The summed E-state index contributed by atoms with van der Waals surface area (Å²) in [5.74, 6) is 0.839. The van der Waals surface area contributed by atoms with Gasteiger partial charge in [0, 0.05) is 18.4 Å². The number of nitrogens with zero attached hydrogens (tertiary/aromatic N) is 2. The average Bonchev–Trinajstić information content (AvgIpc) is 3.26. The molecule has 4 nitrogen and oxygen atoms in total. The molecule has 0 unspecified atom stereocenters. The van der Waals surface area contributed by atoms with E-state index < -0.39 is 0 Å². The van der Waals surface area contributed by atoms with Crippen LogP contribution in [0.3, 0.4) is 0 Å². The molecule has 0 bridgehead atoms. The Morgan fingerprint density at radius 2 is 1.39 bits per heavy atom. The number of carbonyl (C=O) groups is 1. The van der Waals surface area contributed by atoms with Crippen LogP contribution in [0.5, 0.6) is 0 Å². The Morgan fingerprint density at radius 1 is 0.839 bits per heavy atom. The Bertz CT molecular complexity index is 1190. The van der Waals surface area contributed by atoms with Crippen molar-refractivity contribution in [2.24, 2.45) is 0 Å². The van der Waals surface area contributed by atoms with Crippen LogP contribution in [0.25, 0.3) is 11.3 Å². The number of amides is 1. The van der Waals surface area contributed by atoms with Gasteiger partial charge in [0.15, 0.2) is 0 Å². The predicted molar refractivity (Wildman–Crippen MR) is 120 cm³/mol. The molecule has 0 radical (unpaired) electrons. The van der Waals surface area contributed by atoms with E-state index in [4.69, 9.17) is 4.52 Å². The van der Waals surface area contributed by atoms with Gasteiger partial charge in [-0.15, -0.1) is 0 Å². The summed E-state index contributed by atoms with van der Waals surface area (Å²) >= 11 is 0. The van der Waals surface area contributed by atoms with Crippen molar-refractivity contribution in [1.29, 1.82) is 0 Å². The second kappa shape index (κ2) is 7.88. The molecule has 1 amide bonds. The van der Waals surface area contributed by atoms with Crippen LogP contribution in [0.1, 0.15) is 54.3 Å². The van der Waals surface area contributed by atoms with E-state index in [1.165, 1.54) is 0 Å². The lowest BCUT2D eigenvalue weighted by Gasteiger charge is -2.44. The molecule has 1 aliphatic rings. The lowest BCUT2D eigenvalue weighted by atomic mass is 9.78. The fraction of sp³-hybridized carbons (Fsp3) is 0.185. The zero-order valence-electron chi connectivity index (χ0n) is 17.6. The van der Waals surface area contributed by atoms with Crippen molar-refractivity contribution < 1.29 is 9.32 Å². The highest BCUT2D eigenvalue weighted by molar-refractivity contribution is 5.77. The lowest BCUT2D eigenvalue weighted by molar-refractivity contribution is -0.134. The minimum absolute atomic E-state index is 0.0282. The monoisotopic (exact) mass is 408 g/mol. The first-order chi connectivity index (χ1) is 15.2. The van der Waals surface area contributed by atoms with Gasteiger partial charge in [0.05, 0.1) is 17.6 Å². The number of carbonyl (C=O) groups excluding carboxylic acids is 1. The van der Waals surface area contributed by atoms with Gasteiger partial charge < -0.3 is 9.42 Å². The molecule has 0 fully saturated rings. The molecule has 0 saturated heterocycles. The van der Waals surface area contributed by atoms with Crippen LogP contribution in [0.2, 0.25) is 0 Å². The fourth-order valence-corrected chi connectivity index (χ4v) is 4.83. The van der Waals surface area contributed by atoms with Crippen LogP contribution in [0.15, 0.2) is 95.5 Å². The van der Waals surface area contributed by atoms with E-state index in [0.29, 0.717) is 0 Å². The summed E-state index contributed by atoms with van der Waals surface area (Å²) < 4.78 is 6.00. The molecule has 0 N–H and O–H groups in total. The van der Waals surface area contributed by atoms with Gasteiger partial charge in [-0.05, 0) is 11.1 Å². The van der Waals surface area contributed by atoms with E-state index in [-0.39, 0.29) is 23.9 Å². The van der Waals surface area contributed by atoms with Crippen LogP contribution >= 0.6 is 0 Å². The van der Waals surface area contributed by atoms with Crippen molar-refractivity contribution in [3.63, 3.8) is 0 Å². The smallest absolute Gasteiger partial charge is 0.220 e. The number of hydrogen-bond acceptors (Lipinski definition) is 3. The number of rotatable bonds is 3. The minimum Gasteiger partial charge on any atom is -0.360 e. The fourth-order valence-electron chi connectivity index (χ4n) is 4.83. The minimum atomic E-state index is -0.281. The van der Waals surface area contributed by atoms with E-state index in [1.807, 2.05) is 71.6 Å². The Morgan fingerprint density at radius 3 is 1.97 bits per heavy atom. The molecule has 1 aromatic heterocycles. The Labute approximate surface area is 182 Å². The van der Waals surface area contributed by atoms with Crippen LogP contribution in [0.4, 0.5) is 0 Å². The SMILES string of the molecule is CC(=O)N1[C@@H](c2ccccc2)c2c(-c3ccccc3)noc2[C@H](C)[C@H]1c1ccccc1. The maximum absolute atomic E-state index is 13.2. The number of fused-ring (bicyclic) bond motifs is 1. The van der Waals surface area contributed by atoms with E-state index in [0.717, 1.165) is 33.7 Å². The molecule has 154 valence electrons. The van der Waals surface area contributed by atoms with E-state index in [1.54, 1.807) is 6.92 Å². The van der Waals surface area contributed by atoms with Gasteiger partial charge in [-0.25, -0.2) is 0 Å². The molecule has 0 aliphatic carbocycles. The maximum atomic E-state index is 13.2. The van der Waals surface area contributed by atoms with Crippen molar-refractivity contribution in [2.75, 3.05) is 0 Å². The standard InChI is InChI=1S/C27H24N2O2/c1-18-25(21-14-8-4-9-15-21)29(19(2)30)26(22-16-10-5-11-17-22)23-24(28-31-27(18)23)20-12-6-3-7-13-20/h3-18,25-26H,1-2H3/t18-,25+,26+/m1/s1. The van der Waals surface area contributed by atoms with Crippen molar-refractivity contribution in [2.45, 2.75) is 31.8 Å². The average molecular weight is 409 g/mol. The summed E-state index contributed by atoms with van der Waals surface area (Å²) in [5, 5.41) is 4.50. The van der Waals surface area contributed by atoms with E-state index >= 15 is 0 Å². The van der Waals surface area contributed by atoms with Gasteiger partial charge >= 0.3 is 0 Å². The molecule has 0 saturated carbocycles. The maximum Gasteiger partial charge on any atom is 0.220 e. The predicted octanol–water partition coefficient (Wildman–Crippen LogP) is 6.14. The second-order valence-electron chi connectivity index (χ2n) is 8.06. The molecule has 5 rings (SSSR count). The first-order valence-corrected chi connectivity index (χ1v) is 10.6. The zero-order valence-corrected chi connectivity index (χ0v) is 17.6. The van der Waals surface area contributed by atoms with Gasteiger partial charge in [0.25, 0.3) is 0 Å². The summed E-state index contributed by atoms with van der Waals surface area (Å²) in [4.78, 5) is 15.2. The second-order valence-corrected chi connectivity index (χ2v) is 8.06. The van der Waals surface area contributed by atoms with Crippen molar-refractivity contribution in [3.8, 4) is 11.3 Å². The molecule has 4 aromatic rings. The third-order valence-electron chi connectivity index (χ3n) is 6.16. The summed E-state index contributed by atoms with van der Waals surface area (Å²) in [6.45, 7) is 3.77. The molecule has 2 heterocycles.